The summed E-state index contributed by atoms with van der Waals surface area (Å²) in [6, 6.07) is 12.3. The highest BCUT2D eigenvalue weighted by Crippen LogP contribution is 2.24. The minimum atomic E-state index is -0.386. The second-order valence-corrected chi connectivity index (χ2v) is 5.54. The number of hydrogen-bond acceptors (Lipinski definition) is 4. The fraction of sp³-hybridized carbons (Fsp3) is 0.278. The Hall–Kier alpha value is -2.89. The Kier molecular flexibility index (Phi) is 4.74. The maximum Gasteiger partial charge on any atom is 0.274 e. The van der Waals surface area contributed by atoms with Crippen LogP contribution >= 0.6 is 0 Å². The molecule has 1 heterocycles. The van der Waals surface area contributed by atoms with Crippen molar-refractivity contribution in [1.82, 2.24) is 10.3 Å². The second kappa shape index (κ2) is 7.12. The summed E-state index contributed by atoms with van der Waals surface area (Å²) in [6.45, 7) is 2.38. The molecule has 1 aromatic heterocycles. The largest absolute Gasteiger partial charge is 0.492 e. The van der Waals surface area contributed by atoms with Gasteiger partial charge in [-0.25, -0.2) is 4.98 Å². The molecular weight excluding hydrogens is 306 g/mol. The Morgan fingerprint density at radius 1 is 1.08 bits per heavy atom. The molecule has 0 saturated heterocycles. The molecule has 0 radical (unpaired) electrons. The average molecular weight is 325 g/mol. The van der Waals surface area contributed by atoms with Crippen molar-refractivity contribution in [3.8, 4) is 5.75 Å². The van der Waals surface area contributed by atoms with E-state index in [1.165, 1.54) is 0 Å². The molecule has 6 heteroatoms. The van der Waals surface area contributed by atoms with Crippen molar-refractivity contribution in [2.45, 2.75) is 25.8 Å². The molecule has 0 aliphatic heterocycles. The van der Waals surface area contributed by atoms with Gasteiger partial charge in [0, 0.05) is 6.04 Å². The van der Waals surface area contributed by atoms with Gasteiger partial charge in [-0.1, -0.05) is 18.2 Å². The molecule has 6 nitrogen and oxygen atoms in total. The Bertz CT molecular complexity index is 757. The summed E-state index contributed by atoms with van der Waals surface area (Å²) in [6.07, 6.45) is 2.00. The highest BCUT2D eigenvalue weighted by Gasteiger charge is 2.24. The van der Waals surface area contributed by atoms with Crippen molar-refractivity contribution in [1.29, 1.82) is 0 Å². The summed E-state index contributed by atoms with van der Waals surface area (Å²) < 4.78 is 5.49. The summed E-state index contributed by atoms with van der Waals surface area (Å²) in [5.74, 6) is -0.0407. The van der Waals surface area contributed by atoms with Gasteiger partial charge in [0.1, 0.15) is 17.1 Å². The number of aromatic nitrogens is 1. The molecule has 2 aromatic rings. The highest BCUT2D eigenvalue weighted by atomic mass is 16.5. The van der Waals surface area contributed by atoms with Crippen LogP contribution in [0, 0.1) is 0 Å². The van der Waals surface area contributed by atoms with Gasteiger partial charge >= 0.3 is 0 Å². The van der Waals surface area contributed by atoms with Gasteiger partial charge in [0.15, 0.2) is 0 Å². The number of para-hydroxylation sites is 2. The first-order chi connectivity index (χ1) is 11.7. The van der Waals surface area contributed by atoms with Crippen molar-refractivity contribution in [3.63, 3.8) is 0 Å². The number of anilines is 1. The van der Waals surface area contributed by atoms with E-state index in [9.17, 15) is 9.59 Å². The third kappa shape index (κ3) is 3.90. The molecule has 3 rings (SSSR count). The van der Waals surface area contributed by atoms with E-state index >= 15 is 0 Å². The Labute approximate surface area is 140 Å². The molecule has 1 saturated carbocycles. The number of carbonyl (C=O) groups excluding carboxylic acids is 2. The van der Waals surface area contributed by atoms with Gasteiger partial charge in [-0.3, -0.25) is 9.59 Å². The molecule has 0 atom stereocenters. The molecule has 24 heavy (non-hydrogen) atoms. The number of amides is 2. The Morgan fingerprint density at radius 3 is 2.50 bits per heavy atom. The van der Waals surface area contributed by atoms with Crippen LogP contribution in [0.15, 0.2) is 42.5 Å². The lowest BCUT2D eigenvalue weighted by molar-refractivity contribution is 0.0946. The highest BCUT2D eigenvalue weighted by molar-refractivity contribution is 6.04. The van der Waals surface area contributed by atoms with Crippen LogP contribution in [-0.2, 0) is 0 Å². The Balaban J connectivity index is 1.74. The standard InChI is InChI=1S/C18H19N3O3/c1-2-24-16-9-4-3-6-13(16)21-18(23)15-8-5-7-14(20-15)17(22)19-12-10-11-12/h3-9,12H,2,10-11H2,1H3,(H,19,22)(H,21,23). The number of rotatable bonds is 6. The predicted octanol–water partition coefficient (Wildman–Crippen LogP) is 2.62. The van der Waals surface area contributed by atoms with E-state index in [2.05, 4.69) is 15.6 Å². The van der Waals surface area contributed by atoms with Crippen LogP contribution in [0.4, 0.5) is 5.69 Å². The SMILES string of the molecule is CCOc1ccccc1NC(=O)c1cccc(C(=O)NC2CC2)n1. The van der Waals surface area contributed by atoms with Crippen LogP contribution in [0.1, 0.15) is 40.7 Å². The minimum Gasteiger partial charge on any atom is -0.492 e. The average Bonchev–Trinajstić information content (AvgIpc) is 3.41. The van der Waals surface area contributed by atoms with Crippen LogP contribution in [0.5, 0.6) is 5.75 Å². The second-order valence-electron chi connectivity index (χ2n) is 5.54. The Morgan fingerprint density at radius 2 is 1.79 bits per heavy atom. The van der Waals surface area contributed by atoms with Crippen LogP contribution in [-0.4, -0.2) is 29.4 Å². The zero-order chi connectivity index (χ0) is 16.9. The number of ether oxygens (including phenoxy) is 1. The quantitative estimate of drug-likeness (QED) is 0.855. The van der Waals surface area contributed by atoms with Crippen LogP contribution in [0.3, 0.4) is 0 Å². The van der Waals surface area contributed by atoms with E-state index in [1.54, 1.807) is 30.3 Å². The number of benzene rings is 1. The third-order valence-corrected chi connectivity index (χ3v) is 3.56. The lowest BCUT2D eigenvalue weighted by atomic mass is 10.2. The van der Waals surface area contributed by atoms with Gasteiger partial charge in [0.25, 0.3) is 11.8 Å². The van der Waals surface area contributed by atoms with Gasteiger partial charge in [0.05, 0.1) is 12.3 Å². The molecule has 2 amide bonds. The molecule has 1 aliphatic rings. The maximum atomic E-state index is 12.4. The summed E-state index contributed by atoms with van der Waals surface area (Å²) in [5.41, 5.74) is 0.997. The molecule has 0 bridgehead atoms. The monoisotopic (exact) mass is 325 g/mol. The van der Waals surface area contributed by atoms with Crippen molar-refractivity contribution in [3.05, 3.63) is 53.9 Å². The number of pyridine rings is 1. The lowest BCUT2D eigenvalue weighted by Gasteiger charge is -2.11. The normalized spacial score (nSPS) is 13.2. The molecule has 0 unspecified atom stereocenters. The summed E-state index contributed by atoms with van der Waals surface area (Å²) >= 11 is 0. The molecule has 2 N–H and O–H groups in total. The molecule has 1 aliphatic carbocycles. The van der Waals surface area contributed by atoms with Gasteiger partial charge in [-0.05, 0) is 44.0 Å². The van der Waals surface area contributed by atoms with Crippen molar-refractivity contribution < 1.29 is 14.3 Å². The summed E-state index contributed by atoms with van der Waals surface area (Å²) in [4.78, 5) is 28.6. The first kappa shape index (κ1) is 16.0. The van der Waals surface area contributed by atoms with Gasteiger partial charge in [-0.15, -0.1) is 0 Å². The number of nitrogens with zero attached hydrogens (tertiary/aromatic N) is 1. The smallest absolute Gasteiger partial charge is 0.274 e. The van der Waals surface area contributed by atoms with E-state index in [0.29, 0.717) is 18.0 Å². The molecular formula is C18H19N3O3. The molecule has 0 spiro atoms. The fourth-order valence-corrected chi connectivity index (χ4v) is 2.21. The third-order valence-electron chi connectivity index (χ3n) is 3.56. The van der Waals surface area contributed by atoms with Crippen LogP contribution in [0.2, 0.25) is 0 Å². The zero-order valence-corrected chi connectivity index (χ0v) is 13.4. The summed E-state index contributed by atoms with van der Waals surface area (Å²) in [5, 5.41) is 5.63. The summed E-state index contributed by atoms with van der Waals surface area (Å²) in [7, 11) is 0. The van der Waals surface area contributed by atoms with E-state index < -0.39 is 0 Å². The van der Waals surface area contributed by atoms with E-state index in [-0.39, 0.29) is 29.2 Å². The topological polar surface area (TPSA) is 80.3 Å². The first-order valence-electron chi connectivity index (χ1n) is 7.98. The maximum absolute atomic E-state index is 12.4. The van der Waals surface area contributed by atoms with Gasteiger partial charge < -0.3 is 15.4 Å². The van der Waals surface area contributed by atoms with Crippen molar-refractivity contribution >= 4 is 17.5 Å². The number of nitrogens with one attached hydrogen (secondary N) is 2. The van der Waals surface area contributed by atoms with E-state index in [0.717, 1.165) is 12.8 Å². The van der Waals surface area contributed by atoms with Crippen molar-refractivity contribution in [2.75, 3.05) is 11.9 Å². The minimum absolute atomic E-state index is 0.185. The van der Waals surface area contributed by atoms with Crippen molar-refractivity contribution in [2.24, 2.45) is 0 Å². The molecule has 124 valence electrons. The van der Waals surface area contributed by atoms with Crippen LogP contribution < -0.4 is 15.4 Å². The molecule has 1 fully saturated rings. The lowest BCUT2D eigenvalue weighted by Crippen LogP contribution is -2.27. The van der Waals surface area contributed by atoms with E-state index in [1.807, 2.05) is 19.1 Å². The first-order valence-corrected chi connectivity index (χ1v) is 7.98. The molecule has 1 aromatic carbocycles. The van der Waals surface area contributed by atoms with Gasteiger partial charge in [-0.2, -0.15) is 0 Å². The number of carbonyl (C=O) groups is 2. The fourth-order valence-electron chi connectivity index (χ4n) is 2.21. The van der Waals surface area contributed by atoms with Gasteiger partial charge in [0.2, 0.25) is 0 Å². The van der Waals surface area contributed by atoms with E-state index in [4.69, 9.17) is 4.74 Å². The zero-order valence-electron chi connectivity index (χ0n) is 13.4. The van der Waals surface area contributed by atoms with Crippen LogP contribution in [0.25, 0.3) is 0 Å². The predicted molar refractivity (Wildman–Crippen MR) is 90.3 cm³/mol. The number of hydrogen-bond donors (Lipinski definition) is 2.